The summed E-state index contributed by atoms with van der Waals surface area (Å²) in [6.07, 6.45) is 0.453. The number of rotatable bonds is 5. The van der Waals surface area contributed by atoms with E-state index in [9.17, 15) is 18.4 Å². The van der Waals surface area contributed by atoms with E-state index in [0.717, 1.165) is 23.3 Å². The highest BCUT2D eigenvalue weighted by Gasteiger charge is 2.47. The van der Waals surface area contributed by atoms with Crippen LogP contribution in [0.25, 0.3) is 0 Å². The number of amides is 2. The molecule has 1 aliphatic carbocycles. The number of benzene rings is 2. The quantitative estimate of drug-likeness (QED) is 0.875. The van der Waals surface area contributed by atoms with Crippen molar-refractivity contribution in [2.75, 3.05) is 5.32 Å². The summed E-state index contributed by atoms with van der Waals surface area (Å²) in [5.74, 6) is -3.35. The molecule has 0 spiro atoms. The standard InChI is InChI=1S/C19H18F2N2O2/c1-11-4-2-3-5-12(11)10-22-18(24)14-9-15(14)19(25)23-13-6-7-16(20)17(21)8-13/h2-8,14-15H,9-10H2,1H3,(H,22,24)(H,23,25). The Kier molecular flexibility index (Phi) is 4.79. The van der Waals surface area contributed by atoms with E-state index in [2.05, 4.69) is 10.6 Å². The summed E-state index contributed by atoms with van der Waals surface area (Å²) in [7, 11) is 0. The molecule has 130 valence electrons. The van der Waals surface area contributed by atoms with Gasteiger partial charge in [0.25, 0.3) is 0 Å². The normalized spacial score (nSPS) is 18.5. The summed E-state index contributed by atoms with van der Waals surface area (Å²) < 4.78 is 26.0. The molecule has 6 heteroatoms. The van der Waals surface area contributed by atoms with Crippen molar-refractivity contribution in [3.63, 3.8) is 0 Å². The molecular weight excluding hydrogens is 326 g/mol. The van der Waals surface area contributed by atoms with E-state index >= 15 is 0 Å². The maximum atomic E-state index is 13.2. The van der Waals surface area contributed by atoms with Crippen molar-refractivity contribution in [3.8, 4) is 0 Å². The first kappa shape index (κ1) is 17.1. The summed E-state index contributed by atoms with van der Waals surface area (Å²) in [6.45, 7) is 2.39. The van der Waals surface area contributed by atoms with Gasteiger partial charge < -0.3 is 10.6 Å². The van der Waals surface area contributed by atoms with Crippen LogP contribution in [0.3, 0.4) is 0 Å². The first-order chi connectivity index (χ1) is 12.0. The van der Waals surface area contributed by atoms with Gasteiger partial charge in [-0.1, -0.05) is 24.3 Å². The first-order valence-electron chi connectivity index (χ1n) is 8.04. The smallest absolute Gasteiger partial charge is 0.228 e. The Balaban J connectivity index is 1.51. The van der Waals surface area contributed by atoms with E-state index in [1.54, 1.807) is 0 Å². The van der Waals surface area contributed by atoms with E-state index in [-0.39, 0.29) is 23.4 Å². The molecular formula is C19H18F2N2O2. The lowest BCUT2D eigenvalue weighted by Crippen LogP contribution is -2.27. The summed E-state index contributed by atoms with van der Waals surface area (Å²) in [5.41, 5.74) is 2.29. The van der Waals surface area contributed by atoms with Gasteiger partial charge in [0.05, 0.1) is 11.8 Å². The lowest BCUT2D eigenvalue weighted by atomic mass is 10.1. The average Bonchev–Trinajstić information content (AvgIpc) is 3.38. The Hall–Kier alpha value is -2.76. The van der Waals surface area contributed by atoms with Gasteiger partial charge in [-0.3, -0.25) is 9.59 Å². The monoisotopic (exact) mass is 344 g/mol. The molecule has 0 radical (unpaired) electrons. The second-order valence-corrected chi connectivity index (χ2v) is 6.21. The minimum atomic E-state index is -1.03. The molecule has 2 unspecified atom stereocenters. The van der Waals surface area contributed by atoms with Gasteiger partial charge in [0.2, 0.25) is 11.8 Å². The zero-order valence-corrected chi connectivity index (χ0v) is 13.7. The zero-order valence-electron chi connectivity index (χ0n) is 13.7. The average molecular weight is 344 g/mol. The SMILES string of the molecule is Cc1ccccc1CNC(=O)C1CC1C(=O)Nc1ccc(F)c(F)c1. The fourth-order valence-corrected chi connectivity index (χ4v) is 2.71. The molecule has 0 aliphatic heterocycles. The largest absolute Gasteiger partial charge is 0.352 e. The van der Waals surface area contributed by atoms with Crippen LogP contribution in [-0.4, -0.2) is 11.8 Å². The number of hydrogen-bond acceptors (Lipinski definition) is 2. The van der Waals surface area contributed by atoms with E-state index in [4.69, 9.17) is 0 Å². The second kappa shape index (κ2) is 7.01. The minimum Gasteiger partial charge on any atom is -0.352 e. The lowest BCUT2D eigenvalue weighted by Gasteiger charge is -2.08. The van der Waals surface area contributed by atoms with Crippen LogP contribution in [0.15, 0.2) is 42.5 Å². The van der Waals surface area contributed by atoms with Crippen LogP contribution < -0.4 is 10.6 Å². The number of halogens is 2. The number of anilines is 1. The van der Waals surface area contributed by atoms with Crippen LogP contribution in [-0.2, 0) is 16.1 Å². The molecule has 0 saturated heterocycles. The maximum absolute atomic E-state index is 13.2. The number of nitrogens with one attached hydrogen (secondary N) is 2. The number of hydrogen-bond donors (Lipinski definition) is 2. The molecule has 3 rings (SSSR count). The van der Waals surface area contributed by atoms with Crippen molar-refractivity contribution in [2.24, 2.45) is 11.8 Å². The molecule has 4 nitrogen and oxygen atoms in total. The molecule has 2 aromatic carbocycles. The third-order valence-corrected chi connectivity index (χ3v) is 4.37. The Morgan fingerprint density at radius 3 is 2.48 bits per heavy atom. The van der Waals surface area contributed by atoms with Gasteiger partial charge in [-0.15, -0.1) is 0 Å². The van der Waals surface area contributed by atoms with E-state index in [1.165, 1.54) is 6.07 Å². The molecule has 2 N–H and O–H groups in total. The summed E-state index contributed by atoms with van der Waals surface area (Å²) in [5, 5.41) is 5.35. The van der Waals surface area contributed by atoms with E-state index in [1.807, 2.05) is 31.2 Å². The van der Waals surface area contributed by atoms with Crippen molar-refractivity contribution < 1.29 is 18.4 Å². The molecule has 1 aliphatic rings. The highest BCUT2D eigenvalue weighted by Crippen LogP contribution is 2.39. The number of aryl methyl sites for hydroxylation is 1. The lowest BCUT2D eigenvalue weighted by molar-refractivity contribution is -0.125. The van der Waals surface area contributed by atoms with Crippen molar-refractivity contribution in [1.29, 1.82) is 0 Å². The van der Waals surface area contributed by atoms with Crippen LogP contribution >= 0.6 is 0 Å². The fraction of sp³-hybridized carbons (Fsp3) is 0.263. The van der Waals surface area contributed by atoms with Gasteiger partial charge in [0.1, 0.15) is 0 Å². The van der Waals surface area contributed by atoms with Crippen molar-refractivity contribution in [1.82, 2.24) is 5.32 Å². The van der Waals surface area contributed by atoms with Crippen LogP contribution in [0.1, 0.15) is 17.5 Å². The predicted octanol–water partition coefficient (Wildman–Crippen LogP) is 3.16. The zero-order chi connectivity index (χ0) is 18.0. The summed E-state index contributed by atoms with van der Waals surface area (Å²) >= 11 is 0. The van der Waals surface area contributed by atoms with Crippen LogP contribution in [0.2, 0.25) is 0 Å². The third kappa shape index (κ3) is 4.02. The Labute approximate surface area is 144 Å². The maximum Gasteiger partial charge on any atom is 0.228 e. The molecule has 2 aromatic rings. The number of carbonyl (C=O) groups excluding carboxylic acids is 2. The fourth-order valence-electron chi connectivity index (χ4n) is 2.71. The van der Waals surface area contributed by atoms with Crippen molar-refractivity contribution in [3.05, 3.63) is 65.2 Å². The highest BCUT2D eigenvalue weighted by atomic mass is 19.2. The molecule has 0 bridgehead atoms. The second-order valence-electron chi connectivity index (χ2n) is 6.21. The van der Waals surface area contributed by atoms with Crippen LogP contribution in [0, 0.1) is 30.4 Å². The summed E-state index contributed by atoms with van der Waals surface area (Å²) in [4.78, 5) is 24.3. The third-order valence-electron chi connectivity index (χ3n) is 4.37. The van der Waals surface area contributed by atoms with Gasteiger partial charge in [0, 0.05) is 18.3 Å². The van der Waals surface area contributed by atoms with E-state index < -0.39 is 17.6 Å². The Bertz CT molecular complexity index is 823. The van der Waals surface area contributed by atoms with Gasteiger partial charge >= 0.3 is 0 Å². The van der Waals surface area contributed by atoms with Gasteiger partial charge in [-0.25, -0.2) is 8.78 Å². The molecule has 1 saturated carbocycles. The van der Waals surface area contributed by atoms with Gasteiger partial charge in [-0.05, 0) is 36.6 Å². The van der Waals surface area contributed by atoms with Crippen LogP contribution in [0.4, 0.5) is 14.5 Å². The molecule has 25 heavy (non-hydrogen) atoms. The highest BCUT2D eigenvalue weighted by molar-refractivity contribution is 5.99. The molecule has 0 heterocycles. The van der Waals surface area contributed by atoms with E-state index in [0.29, 0.717) is 13.0 Å². The van der Waals surface area contributed by atoms with Gasteiger partial charge in [-0.2, -0.15) is 0 Å². The Morgan fingerprint density at radius 2 is 1.76 bits per heavy atom. The summed E-state index contributed by atoms with van der Waals surface area (Å²) in [6, 6.07) is 10.9. The van der Waals surface area contributed by atoms with Crippen molar-refractivity contribution >= 4 is 17.5 Å². The topological polar surface area (TPSA) is 58.2 Å². The predicted molar refractivity (Wildman–Crippen MR) is 89.6 cm³/mol. The first-order valence-corrected chi connectivity index (χ1v) is 8.04. The molecule has 2 amide bonds. The van der Waals surface area contributed by atoms with Crippen molar-refractivity contribution in [2.45, 2.75) is 19.9 Å². The molecule has 1 fully saturated rings. The molecule has 2 atom stereocenters. The minimum absolute atomic E-state index is 0.173. The number of carbonyl (C=O) groups is 2. The Morgan fingerprint density at radius 1 is 1.04 bits per heavy atom. The van der Waals surface area contributed by atoms with Crippen LogP contribution in [0.5, 0.6) is 0 Å². The molecule has 0 aromatic heterocycles. The van der Waals surface area contributed by atoms with Gasteiger partial charge in [0.15, 0.2) is 11.6 Å².